The first-order valence-corrected chi connectivity index (χ1v) is 13.7. The van der Waals surface area contributed by atoms with Gasteiger partial charge in [-0.3, -0.25) is 29.2 Å². The summed E-state index contributed by atoms with van der Waals surface area (Å²) in [6.45, 7) is 7.97. The molecule has 0 bridgehead atoms. The highest BCUT2D eigenvalue weighted by atomic mass is 16.5. The lowest BCUT2D eigenvalue weighted by atomic mass is 9.92. The zero-order chi connectivity index (χ0) is 30.2. The summed E-state index contributed by atoms with van der Waals surface area (Å²) in [6.07, 6.45) is 4.90. The third-order valence-corrected chi connectivity index (χ3v) is 6.24. The van der Waals surface area contributed by atoms with E-state index in [1.807, 2.05) is 27.7 Å². The molecule has 226 valence electrons. The maximum atomic E-state index is 13.5. The van der Waals surface area contributed by atoms with Crippen molar-refractivity contribution in [1.29, 1.82) is 0 Å². The second-order valence-electron chi connectivity index (χ2n) is 10.8. The number of aromatic amines is 1. The van der Waals surface area contributed by atoms with Crippen LogP contribution in [0.15, 0.2) is 12.5 Å². The third-order valence-electron chi connectivity index (χ3n) is 6.24. The van der Waals surface area contributed by atoms with Gasteiger partial charge in [-0.05, 0) is 50.5 Å². The molecule has 1 aromatic rings. The Kier molecular flexibility index (Phi) is 15.5. The van der Waals surface area contributed by atoms with Crippen molar-refractivity contribution >= 4 is 29.5 Å². The van der Waals surface area contributed by atoms with Gasteiger partial charge < -0.3 is 32.4 Å². The number of hydrogen-bond acceptors (Lipinski definition) is 8. The normalized spacial score (nSPS) is 14.2. The van der Waals surface area contributed by atoms with Gasteiger partial charge in [0.05, 0.1) is 6.33 Å². The summed E-state index contributed by atoms with van der Waals surface area (Å²) in [5.41, 5.74) is 13.1. The van der Waals surface area contributed by atoms with Gasteiger partial charge >= 0.3 is 0 Å². The van der Waals surface area contributed by atoms with Crippen LogP contribution in [0.25, 0.3) is 0 Å². The van der Waals surface area contributed by atoms with Crippen molar-refractivity contribution in [2.45, 2.75) is 90.8 Å². The maximum Gasteiger partial charge on any atom is 0.244 e. The number of primary amides is 1. The Bertz CT molecular complexity index is 953. The van der Waals surface area contributed by atoms with Gasteiger partial charge in [-0.15, -0.1) is 0 Å². The van der Waals surface area contributed by atoms with Crippen molar-refractivity contribution in [2.24, 2.45) is 29.2 Å². The quantitative estimate of drug-likeness (QED) is 0.0623. The van der Waals surface area contributed by atoms with Crippen LogP contribution in [-0.4, -0.2) is 69.4 Å². The van der Waals surface area contributed by atoms with Gasteiger partial charge in [0.1, 0.15) is 18.1 Å². The Morgan fingerprint density at radius 3 is 2.02 bits per heavy atom. The van der Waals surface area contributed by atoms with E-state index in [9.17, 15) is 24.0 Å². The first-order chi connectivity index (χ1) is 18.9. The monoisotopic (exact) mass is 566 g/mol. The molecule has 0 saturated carbocycles. The lowest BCUT2D eigenvalue weighted by Crippen LogP contribution is -2.57. The summed E-state index contributed by atoms with van der Waals surface area (Å²) in [5, 5.41) is 17.0. The van der Waals surface area contributed by atoms with Crippen molar-refractivity contribution in [3.8, 4) is 0 Å². The average Bonchev–Trinajstić information content (AvgIpc) is 3.39. The van der Waals surface area contributed by atoms with E-state index >= 15 is 0 Å². The Hall–Kier alpha value is -3.52. The van der Waals surface area contributed by atoms with Crippen LogP contribution in [0.3, 0.4) is 0 Å². The van der Waals surface area contributed by atoms with Crippen LogP contribution >= 0.6 is 0 Å². The summed E-state index contributed by atoms with van der Waals surface area (Å²) in [6, 6.07) is -3.03. The zero-order valence-corrected chi connectivity index (χ0v) is 23.9. The molecule has 0 saturated heterocycles. The van der Waals surface area contributed by atoms with Crippen molar-refractivity contribution in [2.75, 3.05) is 6.54 Å². The Morgan fingerprint density at radius 1 is 0.900 bits per heavy atom. The minimum Gasteiger partial charge on any atom is -0.368 e. The largest absolute Gasteiger partial charge is 0.368 e. The number of hydrogen-bond donors (Lipinski definition) is 8. The minimum absolute atomic E-state index is 0.00776. The molecule has 40 heavy (non-hydrogen) atoms. The lowest BCUT2D eigenvalue weighted by Gasteiger charge is -2.27. The molecule has 0 aromatic carbocycles. The number of nitrogens with two attached hydrogens (primary N) is 2. The summed E-state index contributed by atoms with van der Waals surface area (Å²) in [4.78, 5) is 70.4. The number of imidazole rings is 1. The number of carbonyl (C=O) groups excluding carboxylic acids is 5. The van der Waals surface area contributed by atoms with Crippen LogP contribution in [0.1, 0.15) is 71.9 Å². The van der Waals surface area contributed by atoms with Gasteiger partial charge in [0.15, 0.2) is 0 Å². The zero-order valence-electron chi connectivity index (χ0n) is 23.9. The van der Waals surface area contributed by atoms with E-state index in [1.54, 1.807) is 0 Å². The number of aromatic nitrogens is 2. The van der Waals surface area contributed by atoms with Gasteiger partial charge in [0.25, 0.3) is 0 Å². The van der Waals surface area contributed by atoms with Crippen LogP contribution in [0, 0.1) is 17.8 Å². The van der Waals surface area contributed by atoms with E-state index in [2.05, 4.69) is 25.9 Å². The number of H-pyrrole nitrogens is 1. The first kappa shape index (κ1) is 34.5. The van der Waals surface area contributed by atoms with E-state index in [0.29, 0.717) is 37.9 Å². The summed E-state index contributed by atoms with van der Waals surface area (Å²) < 4.78 is 0. The molecule has 1 rings (SSSR count). The molecule has 1 aromatic heterocycles. The Labute approximate surface area is 235 Å². The second-order valence-corrected chi connectivity index (χ2v) is 10.8. The fraction of sp³-hybridized carbons (Fsp3) is 0.692. The number of rotatable bonds is 19. The summed E-state index contributed by atoms with van der Waals surface area (Å²) >= 11 is 0. The Morgan fingerprint density at radius 2 is 1.50 bits per heavy atom. The third kappa shape index (κ3) is 13.0. The number of carbonyl (C=O) groups is 5. The maximum absolute atomic E-state index is 13.5. The molecule has 10 N–H and O–H groups in total. The SMILES string of the molecule is CC(C)C[C@H](CC(=O)NO)C(=O)N[C@@H](Cc1cnc[nH]1)C(=O)N[C@@H](CC(C)C)C(=O)N[C@@H](CCCCN)C(N)=O. The Balaban J connectivity index is 3.14. The molecule has 0 radical (unpaired) electrons. The highest BCUT2D eigenvalue weighted by molar-refractivity contribution is 5.94. The van der Waals surface area contributed by atoms with E-state index in [4.69, 9.17) is 16.7 Å². The van der Waals surface area contributed by atoms with Crippen molar-refractivity contribution in [3.05, 3.63) is 18.2 Å². The molecule has 0 unspecified atom stereocenters. The van der Waals surface area contributed by atoms with Crippen LogP contribution in [-0.2, 0) is 30.4 Å². The molecule has 0 aliphatic heterocycles. The van der Waals surface area contributed by atoms with Crippen LogP contribution in [0.2, 0.25) is 0 Å². The van der Waals surface area contributed by atoms with Gasteiger partial charge in [0, 0.05) is 30.7 Å². The second kappa shape index (κ2) is 17.9. The van der Waals surface area contributed by atoms with Crippen LogP contribution < -0.4 is 32.9 Å². The van der Waals surface area contributed by atoms with E-state index in [-0.39, 0.29) is 31.1 Å². The number of amides is 5. The summed E-state index contributed by atoms with van der Waals surface area (Å²) in [5.74, 6) is -3.89. The predicted octanol–water partition coefficient (Wildman–Crippen LogP) is -0.375. The molecule has 0 aliphatic rings. The van der Waals surface area contributed by atoms with Crippen molar-refractivity contribution < 1.29 is 29.2 Å². The molecule has 0 fully saturated rings. The van der Waals surface area contributed by atoms with Gasteiger partial charge in [-0.2, -0.15) is 0 Å². The summed E-state index contributed by atoms with van der Waals surface area (Å²) in [7, 11) is 0. The molecular weight excluding hydrogens is 520 g/mol. The van der Waals surface area contributed by atoms with Crippen LogP contribution in [0.5, 0.6) is 0 Å². The lowest BCUT2D eigenvalue weighted by molar-refractivity contribution is -0.137. The molecule has 1 heterocycles. The fourth-order valence-corrected chi connectivity index (χ4v) is 4.26. The molecular formula is C26H46N8O6. The number of unbranched alkanes of at least 4 members (excludes halogenated alkanes) is 1. The first-order valence-electron chi connectivity index (χ1n) is 13.7. The molecule has 14 heteroatoms. The van der Waals surface area contributed by atoms with Gasteiger partial charge in [-0.1, -0.05) is 27.7 Å². The van der Waals surface area contributed by atoms with E-state index < -0.39 is 53.6 Å². The van der Waals surface area contributed by atoms with Crippen LogP contribution in [0.4, 0.5) is 0 Å². The molecule has 0 aliphatic carbocycles. The smallest absolute Gasteiger partial charge is 0.244 e. The molecule has 4 atom stereocenters. The van der Waals surface area contributed by atoms with Crippen molar-refractivity contribution in [3.63, 3.8) is 0 Å². The van der Waals surface area contributed by atoms with E-state index in [1.165, 1.54) is 18.0 Å². The predicted molar refractivity (Wildman–Crippen MR) is 147 cm³/mol. The average molecular weight is 567 g/mol. The van der Waals surface area contributed by atoms with Gasteiger partial charge in [-0.25, -0.2) is 10.5 Å². The fourth-order valence-electron chi connectivity index (χ4n) is 4.26. The van der Waals surface area contributed by atoms with Crippen molar-refractivity contribution in [1.82, 2.24) is 31.4 Å². The topological polar surface area (TPSA) is 234 Å². The number of nitrogens with zero attached hydrogens (tertiary/aromatic N) is 1. The number of hydroxylamine groups is 1. The molecule has 5 amide bonds. The number of nitrogens with one attached hydrogen (secondary N) is 5. The highest BCUT2D eigenvalue weighted by Crippen LogP contribution is 2.17. The standard InChI is InChI=1S/C26H46N8O6/c1-15(2)9-17(11-22(35)34-40)24(37)32-21(12-18-13-29-14-30-18)26(39)33-20(10-16(3)4)25(38)31-19(23(28)36)7-5-6-8-27/h13-17,19-21,40H,5-12,27H2,1-4H3,(H2,28,36)(H,29,30)(H,31,38)(H,32,37)(H,33,39)(H,34,35)/t17-,19+,20+,21+/m1/s1. The van der Waals surface area contributed by atoms with Gasteiger partial charge in [0.2, 0.25) is 29.5 Å². The van der Waals surface area contributed by atoms with E-state index in [0.717, 1.165) is 0 Å². The minimum atomic E-state index is -1.11. The highest BCUT2D eigenvalue weighted by Gasteiger charge is 2.32. The molecule has 0 spiro atoms. The molecule has 14 nitrogen and oxygen atoms in total.